The van der Waals surface area contributed by atoms with Gasteiger partial charge >= 0.3 is 10.8 Å². The number of nitrogens with zero attached hydrogens (tertiary/aromatic N) is 4. The number of anilines is 1. The molecule has 2 heterocycles. The average Bonchev–Trinajstić information content (AvgIpc) is 3.25. The van der Waals surface area contributed by atoms with Crippen molar-refractivity contribution in [3.63, 3.8) is 0 Å². The number of aromatic nitrogens is 4. The predicted octanol–water partition coefficient (Wildman–Crippen LogP) is 5.28. The van der Waals surface area contributed by atoms with Crippen molar-refractivity contribution in [2.45, 2.75) is 26.8 Å². The Morgan fingerprint density at radius 1 is 1.12 bits per heavy atom. The Morgan fingerprint density at radius 2 is 1.85 bits per heavy atom. The number of carboxylic acid groups (broad SMARTS) is 1. The lowest BCUT2D eigenvalue weighted by molar-refractivity contribution is 0.0696. The number of rotatable bonds is 8. The van der Waals surface area contributed by atoms with E-state index in [1.54, 1.807) is 6.92 Å². The van der Waals surface area contributed by atoms with Crippen LogP contribution in [-0.4, -0.2) is 37.7 Å². The normalized spacial score (nSPS) is 10.8. The van der Waals surface area contributed by atoms with Crippen LogP contribution in [0, 0.1) is 11.8 Å². The maximum absolute atomic E-state index is 11.7. The minimum absolute atomic E-state index is 0.101. The molecule has 0 amide bonds. The van der Waals surface area contributed by atoms with E-state index < -0.39 is 5.97 Å². The number of aryl methyl sites for hydroxylation is 1. The molecule has 0 saturated heterocycles. The summed E-state index contributed by atoms with van der Waals surface area (Å²) in [6.07, 6.45) is 2.23. The van der Waals surface area contributed by atoms with Crippen LogP contribution < -0.4 is 4.90 Å². The van der Waals surface area contributed by atoms with Crippen LogP contribution in [-0.2, 0) is 6.54 Å². The van der Waals surface area contributed by atoms with Crippen molar-refractivity contribution in [1.82, 2.24) is 20.1 Å². The first-order valence-corrected chi connectivity index (χ1v) is 10.9. The summed E-state index contributed by atoms with van der Waals surface area (Å²) in [4.78, 5) is 26.6. The van der Waals surface area contributed by atoms with Gasteiger partial charge in [0.25, 0.3) is 0 Å². The number of aromatic amines is 1. The Morgan fingerprint density at radius 3 is 2.48 bits per heavy atom. The van der Waals surface area contributed by atoms with Crippen LogP contribution in [0.4, 0.5) is 5.82 Å². The smallest absolute Gasteiger partial charge is 0.341 e. The largest absolute Gasteiger partial charge is 0.477 e. The SMILES string of the molecule is CCCN(Cc1ccc(-c2ccccc2-c2nc(=S)o[nH]2)cc1)c1nc(C)ncc1C(=O)O. The lowest BCUT2D eigenvalue weighted by atomic mass is 9.98. The average molecular weight is 462 g/mol. The Kier molecular flexibility index (Phi) is 6.60. The molecule has 0 aliphatic carbocycles. The first-order valence-electron chi connectivity index (χ1n) is 10.5. The number of hydrogen-bond acceptors (Lipinski definition) is 7. The highest BCUT2D eigenvalue weighted by Crippen LogP contribution is 2.30. The number of carbonyl (C=O) groups is 1. The molecule has 2 aromatic heterocycles. The molecule has 0 atom stereocenters. The molecule has 4 aromatic rings. The molecule has 0 fully saturated rings. The third-order valence-electron chi connectivity index (χ3n) is 5.17. The second-order valence-electron chi connectivity index (χ2n) is 7.55. The molecule has 0 unspecified atom stereocenters. The standard InChI is InChI=1S/C24H23N5O3S/c1-3-12-29(22-20(23(30)31)13-25-15(2)26-22)14-16-8-10-17(11-9-16)18-6-4-5-7-19(18)21-27-24(33)32-28-21/h4-11,13H,3,12,14H2,1-2H3,(H,30,31)(H,27,28,33). The molecule has 2 N–H and O–H groups in total. The molecule has 0 radical (unpaired) electrons. The van der Waals surface area contributed by atoms with Crippen LogP contribution >= 0.6 is 12.2 Å². The molecule has 0 saturated carbocycles. The summed E-state index contributed by atoms with van der Waals surface area (Å²) < 4.78 is 5.09. The topological polar surface area (TPSA) is 108 Å². The molecule has 4 rings (SSSR count). The van der Waals surface area contributed by atoms with Gasteiger partial charge in [-0.3, -0.25) is 0 Å². The summed E-state index contributed by atoms with van der Waals surface area (Å²) >= 11 is 4.99. The van der Waals surface area contributed by atoms with E-state index in [1.165, 1.54) is 6.20 Å². The van der Waals surface area contributed by atoms with Crippen LogP contribution in [0.15, 0.2) is 59.3 Å². The molecule has 168 valence electrons. The Labute approximate surface area is 195 Å². The van der Waals surface area contributed by atoms with Crippen molar-refractivity contribution in [3.8, 4) is 22.5 Å². The highest BCUT2D eigenvalue weighted by Gasteiger charge is 2.19. The fourth-order valence-corrected chi connectivity index (χ4v) is 3.81. The van der Waals surface area contributed by atoms with Crippen LogP contribution in [0.25, 0.3) is 22.5 Å². The van der Waals surface area contributed by atoms with Gasteiger partial charge in [0.15, 0.2) is 5.82 Å². The number of aromatic carboxylic acids is 1. The molecule has 8 nitrogen and oxygen atoms in total. The van der Waals surface area contributed by atoms with E-state index in [0.29, 0.717) is 30.6 Å². The molecule has 9 heteroatoms. The van der Waals surface area contributed by atoms with Gasteiger partial charge in [0.05, 0.1) is 0 Å². The molecule has 0 spiro atoms. The Bertz CT molecular complexity index is 1330. The summed E-state index contributed by atoms with van der Waals surface area (Å²) in [7, 11) is 0. The van der Waals surface area contributed by atoms with Crippen LogP contribution in [0.5, 0.6) is 0 Å². The monoisotopic (exact) mass is 461 g/mol. The zero-order valence-corrected chi connectivity index (χ0v) is 19.1. The van der Waals surface area contributed by atoms with E-state index >= 15 is 0 Å². The zero-order chi connectivity index (χ0) is 23.4. The third-order valence-corrected chi connectivity index (χ3v) is 5.35. The quantitative estimate of drug-likeness (QED) is 0.341. The van der Waals surface area contributed by atoms with Crippen LogP contribution in [0.3, 0.4) is 0 Å². The van der Waals surface area contributed by atoms with Crippen LogP contribution in [0.2, 0.25) is 0 Å². The van der Waals surface area contributed by atoms with Gasteiger partial charge in [-0.25, -0.2) is 19.9 Å². The number of carboxylic acids is 1. The number of H-pyrrole nitrogens is 1. The van der Waals surface area contributed by atoms with E-state index in [4.69, 9.17) is 16.7 Å². The van der Waals surface area contributed by atoms with Crippen molar-refractivity contribution >= 4 is 24.0 Å². The van der Waals surface area contributed by atoms with Gasteiger partial charge < -0.3 is 14.5 Å². The van der Waals surface area contributed by atoms with Gasteiger partial charge in [-0.2, -0.15) is 4.98 Å². The van der Waals surface area contributed by atoms with Gasteiger partial charge in [0.2, 0.25) is 0 Å². The van der Waals surface area contributed by atoms with Crippen molar-refractivity contribution in [2.24, 2.45) is 0 Å². The van der Waals surface area contributed by atoms with Crippen molar-refractivity contribution in [3.05, 3.63) is 76.5 Å². The van der Waals surface area contributed by atoms with E-state index in [9.17, 15) is 9.90 Å². The second-order valence-corrected chi connectivity index (χ2v) is 7.90. The van der Waals surface area contributed by atoms with Gasteiger partial charge in [-0.1, -0.05) is 55.5 Å². The lowest BCUT2D eigenvalue weighted by Crippen LogP contribution is -2.27. The van der Waals surface area contributed by atoms with Crippen molar-refractivity contribution in [1.29, 1.82) is 0 Å². The first-order chi connectivity index (χ1) is 16.0. The van der Waals surface area contributed by atoms with E-state index in [1.807, 2.05) is 53.4 Å². The number of nitrogens with one attached hydrogen (secondary N) is 1. The van der Waals surface area contributed by atoms with Gasteiger partial charge in [0.1, 0.15) is 17.2 Å². The lowest BCUT2D eigenvalue weighted by Gasteiger charge is -2.25. The Balaban J connectivity index is 1.64. The Hall–Kier alpha value is -3.85. The van der Waals surface area contributed by atoms with Gasteiger partial charge in [-0.15, -0.1) is 0 Å². The molecular weight excluding hydrogens is 438 g/mol. The number of benzene rings is 2. The van der Waals surface area contributed by atoms with E-state index in [-0.39, 0.29) is 10.4 Å². The van der Waals surface area contributed by atoms with Crippen molar-refractivity contribution < 1.29 is 14.4 Å². The maximum atomic E-state index is 11.7. The van der Waals surface area contributed by atoms with E-state index in [2.05, 4.69) is 27.0 Å². The molecular formula is C24H23N5O3S. The van der Waals surface area contributed by atoms with Gasteiger partial charge in [-0.05, 0) is 42.3 Å². The van der Waals surface area contributed by atoms with Crippen molar-refractivity contribution in [2.75, 3.05) is 11.4 Å². The van der Waals surface area contributed by atoms with Crippen LogP contribution in [0.1, 0.15) is 35.1 Å². The molecule has 0 bridgehead atoms. The number of hydrogen-bond donors (Lipinski definition) is 2. The minimum Gasteiger partial charge on any atom is -0.477 e. The summed E-state index contributed by atoms with van der Waals surface area (Å²) in [5.74, 6) is 0.515. The molecule has 33 heavy (non-hydrogen) atoms. The first kappa shape index (κ1) is 22.3. The zero-order valence-electron chi connectivity index (χ0n) is 18.3. The summed E-state index contributed by atoms with van der Waals surface area (Å²) in [6.45, 7) is 5.01. The summed E-state index contributed by atoms with van der Waals surface area (Å²) in [5, 5.41) is 12.4. The fraction of sp³-hybridized carbons (Fsp3) is 0.208. The fourth-order valence-electron chi connectivity index (χ4n) is 3.68. The van der Waals surface area contributed by atoms with E-state index in [0.717, 1.165) is 28.7 Å². The summed E-state index contributed by atoms with van der Waals surface area (Å²) in [6, 6.07) is 16.0. The summed E-state index contributed by atoms with van der Waals surface area (Å²) in [5.41, 5.74) is 4.04. The predicted molar refractivity (Wildman–Crippen MR) is 128 cm³/mol. The maximum Gasteiger partial charge on any atom is 0.341 e. The molecule has 0 aliphatic rings. The highest BCUT2D eigenvalue weighted by atomic mass is 32.1. The highest BCUT2D eigenvalue weighted by molar-refractivity contribution is 7.71. The second kappa shape index (κ2) is 9.74. The molecule has 0 aliphatic heterocycles. The molecule has 2 aromatic carbocycles. The minimum atomic E-state index is -1.04. The third kappa shape index (κ3) is 4.98. The van der Waals surface area contributed by atoms with Gasteiger partial charge in [0, 0.05) is 24.8 Å².